The zero-order valence-corrected chi connectivity index (χ0v) is 15.8. The molecule has 0 bridgehead atoms. The van der Waals surface area contributed by atoms with Gasteiger partial charge in [0, 0.05) is 48.1 Å². The molecule has 6 heteroatoms. The van der Waals surface area contributed by atoms with Crippen molar-refractivity contribution in [1.29, 1.82) is 0 Å². The predicted octanol–water partition coefficient (Wildman–Crippen LogP) is 4.77. The average molecular weight is 381 g/mol. The number of hydrogen-bond donors (Lipinski definition) is 2. The van der Waals surface area contributed by atoms with Gasteiger partial charge >= 0.3 is 0 Å². The van der Waals surface area contributed by atoms with Gasteiger partial charge in [-0.2, -0.15) is 0 Å². The van der Waals surface area contributed by atoms with E-state index in [9.17, 15) is 4.79 Å². The van der Waals surface area contributed by atoms with E-state index in [0.717, 1.165) is 39.4 Å². The Morgan fingerprint density at radius 1 is 1.00 bits per heavy atom. The summed E-state index contributed by atoms with van der Waals surface area (Å²) in [6, 6.07) is 20.2. The van der Waals surface area contributed by atoms with Crippen LogP contribution in [0.2, 0.25) is 0 Å². The molecule has 3 heterocycles. The van der Waals surface area contributed by atoms with Crippen molar-refractivity contribution in [3.63, 3.8) is 0 Å². The minimum Gasteiger partial charge on any atom is -0.361 e. The fraction of sp³-hybridized carbons (Fsp3) is 0.0435. The monoisotopic (exact) mass is 381 g/mol. The first-order valence-corrected chi connectivity index (χ1v) is 9.35. The van der Waals surface area contributed by atoms with Crippen LogP contribution in [0.4, 0.5) is 5.69 Å². The first-order chi connectivity index (χ1) is 14.2. The molecule has 0 spiro atoms. The van der Waals surface area contributed by atoms with Crippen LogP contribution in [0.1, 0.15) is 6.92 Å². The largest absolute Gasteiger partial charge is 0.361 e. The van der Waals surface area contributed by atoms with Crippen LogP contribution in [0.25, 0.3) is 33.7 Å². The van der Waals surface area contributed by atoms with Gasteiger partial charge in [0.25, 0.3) is 0 Å². The zero-order chi connectivity index (χ0) is 19.8. The third-order valence-electron chi connectivity index (χ3n) is 4.86. The molecule has 0 aliphatic heterocycles. The van der Waals surface area contributed by atoms with Gasteiger partial charge in [0.1, 0.15) is 6.33 Å². The number of nitrogens with zero attached hydrogens (tertiary/aromatic N) is 3. The number of amides is 1. The van der Waals surface area contributed by atoms with Gasteiger partial charge in [-0.3, -0.25) is 9.36 Å². The molecule has 5 aromatic rings. The average Bonchev–Trinajstić information content (AvgIpc) is 3.48. The highest BCUT2D eigenvalue weighted by molar-refractivity contribution is 5.90. The fourth-order valence-electron chi connectivity index (χ4n) is 3.56. The number of rotatable bonds is 4. The maximum absolute atomic E-state index is 11.6. The molecule has 29 heavy (non-hydrogen) atoms. The normalized spacial score (nSPS) is 11.1. The molecule has 1 amide bonds. The molecule has 0 saturated heterocycles. The third kappa shape index (κ3) is 3.21. The lowest BCUT2D eigenvalue weighted by Crippen LogP contribution is -2.07. The van der Waals surface area contributed by atoms with E-state index in [0.29, 0.717) is 0 Å². The Bertz CT molecular complexity index is 1300. The lowest BCUT2D eigenvalue weighted by atomic mass is 10.1. The number of imidazole rings is 1. The van der Waals surface area contributed by atoms with E-state index < -0.39 is 0 Å². The van der Waals surface area contributed by atoms with Crippen molar-refractivity contribution in [2.45, 2.75) is 6.92 Å². The summed E-state index contributed by atoms with van der Waals surface area (Å²) < 4.78 is 4.05. The van der Waals surface area contributed by atoms with Gasteiger partial charge in [0.05, 0.1) is 16.7 Å². The summed E-state index contributed by atoms with van der Waals surface area (Å²) in [6.45, 7) is 1.51. The quantitative estimate of drug-likeness (QED) is 0.471. The molecule has 0 aliphatic rings. The summed E-state index contributed by atoms with van der Waals surface area (Å²) in [5.74, 6) is -0.105. The summed E-state index contributed by atoms with van der Waals surface area (Å²) in [5.41, 5.74) is 6.68. The maximum atomic E-state index is 11.6. The molecule has 0 saturated carbocycles. The molecule has 0 atom stereocenters. The second kappa shape index (κ2) is 6.83. The topological polar surface area (TPSA) is 67.6 Å². The standard InChI is InChI=1S/C23H19N5O/c1-16(29)26-18-12-19(27-9-2-3-10-27)14-20(13-18)28-15-25-22-11-17(6-7-23(22)28)21-5-4-8-24-21/h2-15,24H,1H3,(H,26,29). The third-order valence-corrected chi connectivity index (χ3v) is 4.86. The van der Waals surface area contributed by atoms with Gasteiger partial charge in [-0.25, -0.2) is 4.98 Å². The smallest absolute Gasteiger partial charge is 0.221 e. The Kier molecular flexibility index (Phi) is 4.02. The van der Waals surface area contributed by atoms with Crippen molar-refractivity contribution in [3.8, 4) is 22.6 Å². The van der Waals surface area contributed by atoms with Gasteiger partial charge in [-0.15, -0.1) is 0 Å². The molecule has 2 aromatic carbocycles. The number of carbonyl (C=O) groups is 1. The van der Waals surface area contributed by atoms with E-state index in [1.54, 1.807) is 0 Å². The zero-order valence-electron chi connectivity index (χ0n) is 15.8. The van der Waals surface area contributed by atoms with Gasteiger partial charge < -0.3 is 14.9 Å². The summed E-state index contributed by atoms with van der Waals surface area (Å²) in [7, 11) is 0. The first-order valence-electron chi connectivity index (χ1n) is 9.35. The molecular weight excluding hydrogens is 362 g/mol. The van der Waals surface area contributed by atoms with Crippen LogP contribution >= 0.6 is 0 Å². The second-order valence-electron chi connectivity index (χ2n) is 6.91. The molecule has 3 aromatic heterocycles. The molecule has 5 rings (SSSR count). The van der Waals surface area contributed by atoms with Crippen molar-refractivity contribution in [2.75, 3.05) is 5.32 Å². The maximum Gasteiger partial charge on any atom is 0.221 e. The lowest BCUT2D eigenvalue weighted by Gasteiger charge is -2.12. The molecule has 2 N–H and O–H groups in total. The number of nitrogens with one attached hydrogen (secondary N) is 2. The van der Waals surface area contributed by atoms with Crippen LogP contribution in [0.15, 0.2) is 85.6 Å². The van der Waals surface area contributed by atoms with Crippen molar-refractivity contribution in [1.82, 2.24) is 19.1 Å². The molecule has 0 radical (unpaired) electrons. The molecular formula is C23H19N5O. The Labute approximate surface area is 167 Å². The SMILES string of the molecule is CC(=O)Nc1cc(-n2cccc2)cc(-n2cnc3cc(-c4ccc[nH]4)ccc32)c1. The number of carbonyl (C=O) groups excluding carboxylic acids is 1. The lowest BCUT2D eigenvalue weighted by molar-refractivity contribution is -0.114. The van der Waals surface area contributed by atoms with E-state index in [-0.39, 0.29) is 5.91 Å². The molecule has 142 valence electrons. The highest BCUT2D eigenvalue weighted by Crippen LogP contribution is 2.27. The number of H-pyrrole nitrogens is 1. The fourth-order valence-corrected chi connectivity index (χ4v) is 3.56. The van der Waals surface area contributed by atoms with Crippen LogP contribution in [0.5, 0.6) is 0 Å². The first kappa shape index (κ1) is 17.1. The van der Waals surface area contributed by atoms with Crippen molar-refractivity contribution >= 4 is 22.6 Å². The van der Waals surface area contributed by atoms with Crippen molar-refractivity contribution in [2.24, 2.45) is 0 Å². The van der Waals surface area contributed by atoms with E-state index in [1.807, 2.05) is 70.5 Å². The molecule has 6 nitrogen and oxygen atoms in total. The number of aromatic nitrogens is 4. The molecule has 0 unspecified atom stereocenters. The molecule has 0 fully saturated rings. The Balaban J connectivity index is 1.63. The van der Waals surface area contributed by atoms with E-state index in [2.05, 4.69) is 39.6 Å². The summed E-state index contributed by atoms with van der Waals surface area (Å²) >= 11 is 0. The minimum absolute atomic E-state index is 0.105. The minimum atomic E-state index is -0.105. The van der Waals surface area contributed by atoms with Crippen molar-refractivity contribution < 1.29 is 4.79 Å². The van der Waals surface area contributed by atoms with E-state index in [1.165, 1.54) is 6.92 Å². The number of fused-ring (bicyclic) bond motifs is 1. The van der Waals surface area contributed by atoms with Gasteiger partial charge in [-0.05, 0) is 54.6 Å². The number of anilines is 1. The Morgan fingerprint density at radius 3 is 2.59 bits per heavy atom. The Morgan fingerprint density at radius 2 is 1.83 bits per heavy atom. The summed E-state index contributed by atoms with van der Waals surface area (Å²) in [6.07, 6.45) is 7.68. The van der Waals surface area contributed by atoms with Crippen molar-refractivity contribution in [3.05, 3.63) is 85.6 Å². The van der Waals surface area contributed by atoms with Crippen LogP contribution in [-0.4, -0.2) is 25.0 Å². The van der Waals surface area contributed by atoms with Crippen LogP contribution < -0.4 is 5.32 Å². The number of benzene rings is 2. The van der Waals surface area contributed by atoms with Gasteiger partial charge in [-0.1, -0.05) is 6.07 Å². The number of aromatic amines is 1. The van der Waals surface area contributed by atoms with E-state index in [4.69, 9.17) is 0 Å². The van der Waals surface area contributed by atoms with Crippen LogP contribution in [0, 0.1) is 0 Å². The predicted molar refractivity (Wildman–Crippen MR) is 114 cm³/mol. The summed E-state index contributed by atoms with van der Waals surface area (Å²) in [5, 5.41) is 2.90. The van der Waals surface area contributed by atoms with Crippen LogP contribution in [0.3, 0.4) is 0 Å². The van der Waals surface area contributed by atoms with Crippen LogP contribution in [-0.2, 0) is 4.79 Å². The molecule has 0 aliphatic carbocycles. The van der Waals surface area contributed by atoms with E-state index >= 15 is 0 Å². The van der Waals surface area contributed by atoms with Gasteiger partial charge in [0.15, 0.2) is 0 Å². The summed E-state index contributed by atoms with van der Waals surface area (Å²) in [4.78, 5) is 19.5. The highest BCUT2D eigenvalue weighted by atomic mass is 16.1. The van der Waals surface area contributed by atoms with Gasteiger partial charge in [0.2, 0.25) is 5.91 Å². The highest BCUT2D eigenvalue weighted by Gasteiger charge is 2.10. The number of hydrogen-bond acceptors (Lipinski definition) is 2. The Hall–Kier alpha value is -4.06. The second-order valence-corrected chi connectivity index (χ2v) is 6.91.